The van der Waals surface area contributed by atoms with Crippen LogP contribution in [0.15, 0.2) is 24.3 Å². The molecule has 1 aliphatic heterocycles. The molecular weight excluding hydrogens is 224 g/mol. The normalized spacial score (nSPS) is 17.9. The number of aryl methyl sites for hydroxylation is 1. The van der Waals surface area contributed by atoms with Crippen molar-refractivity contribution < 1.29 is 4.79 Å². The molecule has 0 atom stereocenters. The van der Waals surface area contributed by atoms with Crippen LogP contribution in [0.1, 0.15) is 18.1 Å². The lowest BCUT2D eigenvalue weighted by molar-refractivity contribution is -0.118. The minimum Gasteiger partial charge on any atom is -0.299 e. The summed E-state index contributed by atoms with van der Waals surface area (Å²) in [5, 5.41) is 0. The summed E-state index contributed by atoms with van der Waals surface area (Å²) in [7, 11) is 0. The van der Waals surface area contributed by atoms with E-state index in [0.717, 1.165) is 32.7 Å². The summed E-state index contributed by atoms with van der Waals surface area (Å²) in [5.74, 6) is 0.266. The number of hydrogen-bond donors (Lipinski definition) is 0. The van der Waals surface area contributed by atoms with Crippen LogP contribution in [0.3, 0.4) is 0 Å². The average Bonchev–Trinajstić information content (AvgIpc) is 2.34. The first-order valence-electron chi connectivity index (χ1n) is 6.63. The van der Waals surface area contributed by atoms with E-state index in [1.54, 1.807) is 6.92 Å². The van der Waals surface area contributed by atoms with Crippen molar-refractivity contribution in [1.82, 2.24) is 9.80 Å². The smallest absolute Gasteiger partial charge is 0.143 e. The Morgan fingerprint density at radius 3 is 2.17 bits per heavy atom. The van der Waals surface area contributed by atoms with Gasteiger partial charge in [-0.05, 0) is 19.4 Å². The molecule has 2 rings (SSSR count). The van der Waals surface area contributed by atoms with E-state index >= 15 is 0 Å². The van der Waals surface area contributed by atoms with Gasteiger partial charge in [0.1, 0.15) is 5.78 Å². The summed E-state index contributed by atoms with van der Waals surface area (Å²) < 4.78 is 0. The largest absolute Gasteiger partial charge is 0.299 e. The molecule has 0 saturated carbocycles. The molecule has 98 valence electrons. The van der Waals surface area contributed by atoms with Gasteiger partial charge in [0.2, 0.25) is 0 Å². The fourth-order valence-corrected chi connectivity index (χ4v) is 2.37. The van der Waals surface area contributed by atoms with Gasteiger partial charge in [0.15, 0.2) is 0 Å². The van der Waals surface area contributed by atoms with Crippen molar-refractivity contribution in [2.24, 2.45) is 0 Å². The van der Waals surface area contributed by atoms with Crippen molar-refractivity contribution in [3.05, 3.63) is 35.4 Å². The number of piperazine rings is 1. The Morgan fingerprint density at radius 2 is 1.61 bits per heavy atom. The Labute approximate surface area is 109 Å². The van der Waals surface area contributed by atoms with E-state index < -0.39 is 0 Å². The molecule has 0 aliphatic carbocycles. The highest BCUT2D eigenvalue weighted by atomic mass is 16.1. The maximum absolute atomic E-state index is 11.1. The predicted molar refractivity (Wildman–Crippen MR) is 73.6 cm³/mol. The summed E-state index contributed by atoms with van der Waals surface area (Å²) in [6, 6.07) is 8.75. The molecule has 0 spiro atoms. The monoisotopic (exact) mass is 246 g/mol. The molecule has 3 heteroatoms. The number of carbonyl (C=O) groups is 1. The van der Waals surface area contributed by atoms with Gasteiger partial charge in [0, 0.05) is 32.7 Å². The number of Topliss-reactive ketones (excluding diaryl/α,β-unsaturated/α-hetero) is 1. The Morgan fingerprint density at radius 1 is 1.06 bits per heavy atom. The standard InChI is InChI=1S/C15H22N2O/c1-13-3-5-15(6-4-13)12-17-9-7-16(8-10-17)11-14(2)18/h3-6H,7-12H2,1-2H3. The van der Waals surface area contributed by atoms with Crippen LogP contribution in [0, 0.1) is 6.92 Å². The van der Waals surface area contributed by atoms with E-state index in [4.69, 9.17) is 0 Å². The Kier molecular flexibility index (Phi) is 4.50. The Balaban J connectivity index is 1.79. The molecule has 3 nitrogen and oxygen atoms in total. The lowest BCUT2D eigenvalue weighted by Gasteiger charge is -2.34. The molecule has 0 unspecified atom stereocenters. The van der Waals surface area contributed by atoms with Crippen molar-refractivity contribution in [3.63, 3.8) is 0 Å². The van der Waals surface area contributed by atoms with Crippen LogP contribution in [0.4, 0.5) is 0 Å². The summed E-state index contributed by atoms with van der Waals surface area (Å²) in [4.78, 5) is 15.8. The van der Waals surface area contributed by atoms with Gasteiger partial charge < -0.3 is 0 Å². The topological polar surface area (TPSA) is 23.6 Å². The summed E-state index contributed by atoms with van der Waals surface area (Å²) in [5.41, 5.74) is 2.69. The summed E-state index contributed by atoms with van der Waals surface area (Å²) in [6.07, 6.45) is 0. The quantitative estimate of drug-likeness (QED) is 0.808. The third-order valence-electron chi connectivity index (χ3n) is 3.44. The third kappa shape index (κ3) is 3.93. The average molecular weight is 246 g/mol. The van der Waals surface area contributed by atoms with Crippen LogP contribution in [0.2, 0.25) is 0 Å². The van der Waals surface area contributed by atoms with Gasteiger partial charge in [0.05, 0.1) is 6.54 Å². The number of benzene rings is 1. The van der Waals surface area contributed by atoms with Gasteiger partial charge in [-0.25, -0.2) is 0 Å². The van der Waals surface area contributed by atoms with Gasteiger partial charge in [0.25, 0.3) is 0 Å². The van der Waals surface area contributed by atoms with Crippen molar-refractivity contribution >= 4 is 5.78 Å². The fraction of sp³-hybridized carbons (Fsp3) is 0.533. The molecule has 1 aliphatic rings. The van der Waals surface area contributed by atoms with Crippen molar-refractivity contribution in [3.8, 4) is 0 Å². The number of nitrogens with zero attached hydrogens (tertiary/aromatic N) is 2. The molecule has 1 fully saturated rings. The Hall–Kier alpha value is -1.19. The fourth-order valence-electron chi connectivity index (χ4n) is 2.37. The molecule has 0 N–H and O–H groups in total. The van der Waals surface area contributed by atoms with Gasteiger partial charge in [-0.2, -0.15) is 0 Å². The second-order valence-corrected chi connectivity index (χ2v) is 5.24. The first-order chi connectivity index (χ1) is 8.63. The highest BCUT2D eigenvalue weighted by Crippen LogP contribution is 2.09. The number of carbonyl (C=O) groups excluding carboxylic acids is 1. The minimum atomic E-state index is 0.266. The van der Waals surface area contributed by atoms with E-state index in [2.05, 4.69) is 41.0 Å². The highest BCUT2D eigenvalue weighted by Gasteiger charge is 2.17. The second-order valence-electron chi connectivity index (χ2n) is 5.24. The molecule has 0 amide bonds. The molecule has 1 aromatic carbocycles. The summed E-state index contributed by atoms with van der Waals surface area (Å²) in [6.45, 7) is 9.54. The number of hydrogen-bond acceptors (Lipinski definition) is 3. The third-order valence-corrected chi connectivity index (χ3v) is 3.44. The van der Waals surface area contributed by atoms with Crippen LogP contribution < -0.4 is 0 Å². The van der Waals surface area contributed by atoms with Gasteiger partial charge in [-0.3, -0.25) is 14.6 Å². The van der Waals surface area contributed by atoms with Crippen LogP contribution in [-0.2, 0) is 11.3 Å². The zero-order chi connectivity index (χ0) is 13.0. The maximum atomic E-state index is 11.1. The van der Waals surface area contributed by atoms with Gasteiger partial charge >= 0.3 is 0 Å². The molecule has 0 aromatic heterocycles. The van der Waals surface area contributed by atoms with Crippen molar-refractivity contribution in [2.45, 2.75) is 20.4 Å². The number of ketones is 1. The minimum absolute atomic E-state index is 0.266. The molecule has 1 heterocycles. The van der Waals surface area contributed by atoms with Crippen LogP contribution >= 0.6 is 0 Å². The van der Waals surface area contributed by atoms with E-state index in [0.29, 0.717) is 6.54 Å². The SMILES string of the molecule is CC(=O)CN1CCN(Cc2ccc(C)cc2)CC1. The lowest BCUT2D eigenvalue weighted by atomic mass is 10.1. The second kappa shape index (κ2) is 6.12. The van der Waals surface area contributed by atoms with Crippen LogP contribution in [-0.4, -0.2) is 48.3 Å². The van der Waals surface area contributed by atoms with Crippen molar-refractivity contribution in [1.29, 1.82) is 0 Å². The molecule has 1 aromatic rings. The highest BCUT2D eigenvalue weighted by molar-refractivity contribution is 5.77. The first-order valence-corrected chi connectivity index (χ1v) is 6.63. The van der Waals surface area contributed by atoms with E-state index in [-0.39, 0.29) is 5.78 Å². The van der Waals surface area contributed by atoms with E-state index in [9.17, 15) is 4.79 Å². The van der Waals surface area contributed by atoms with Crippen molar-refractivity contribution in [2.75, 3.05) is 32.7 Å². The molecule has 0 radical (unpaired) electrons. The van der Waals surface area contributed by atoms with E-state index in [1.165, 1.54) is 11.1 Å². The first kappa shape index (κ1) is 13.2. The lowest BCUT2D eigenvalue weighted by Crippen LogP contribution is -2.47. The van der Waals surface area contributed by atoms with Crippen LogP contribution in [0.5, 0.6) is 0 Å². The molecule has 18 heavy (non-hydrogen) atoms. The predicted octanol–water partition coefficient (Wildman–Crippen LogP) is 1.70. The summed E-state index contributed by atoms with van der Waals surface area (Å²) >= 11 is 0. The molecule has 0 bridgehead atoms. The van der Waals surface area contributed by atoms with Gasteiger partial charge in [-0.1, -0.05) is 29.8 Å². The molecular formula is C15H22N2O. The maximum Gasteiger partial charge on any atom is 0.143 e. The van der Waals surface area contributed by atoms with Gasteiger partial charge in [-0.15, -0.1) is 0 Å². The van der Waals surface area contributed by atoms with Crippen LogP contribution in [0.25, 0.3) is 0 Å². The Bertz CT molecular complexity index is 391. The molecule has 1 saturated heterocycles. The number of rotatable bonds is 4. The zero-order valence-electron chi connectivity index (χ0n) is 11.4. The zero-order valence-corrected chi connectivity index (χ0v) is 11.4. The van der Waals surface area contributed by atoms with E-state index in [1.807, 2.05) is 0 Å².